The second kappa shape index (κ2) is 9.39. The molecule has 1 amide bonds. The Morgan fingerprint density at radius 2 is 1.82 bits per heavy atom. The fourth-order valence-electron chi connectivity index (χ4n) is 4.49. The third-order valence-corrected chi connectivity index (χ3v) is 6.70. The lowest BCUT2D eigenvalue weighted by Gasteiger charge is -2.18. The normalized spacial score (nSPS) is 15.8. The van der Waals surface area contributed by atoms with E-state index in [2.05, 4.69) is 10.6 Å². The summed E-state index contributed by atoms with van der Waals surface area (Å²) in [7, 11) is 1.63. The molecule has 1 aliphatic rings. The molecule has 174 valence electrons. The molecule has 1 aliphatic heterocycles. The minimum absolute atomic E-state index is 0.000206. The Morgan fingerprint density at radius 3 is 2.59 bits per heavy atom. The van der Waals surface area contributed by atoms with E-state index in [0.29, 0.717) is 26.1 Å². The van der Waals surface area contributed by atoms with E-state index in [0.717, 1.165) is 44.6 Å². The maximum atomic E-state index is 12.9. The average molecular weight is 476 g/mol. The van der Waals surface area contributed by atoms with Crippen molar-refractivity contribution in [1.29, 1.82) is 0 Å². The lowest BCUT2D eigenvalue weighted by atomic mass is 10.1. The standard InChI is InChI=1S/C27H26ClN3O3/c1-18-15-22(11-12-23(18)28)34-14-13-30-25-6-4-3-5-24(25)29-27(30)19-16-26(32)31(17-19)20-7-9-21(33-2)10-8-20/h3-12,15,19H,13-14,16-17H2,1-2H3/t19-/m1/s1. The Bertz CT molecular complexity index is 1330. The van der Waals surface area contributed by atoms with Crippen molar-refractivity contribution in [2.45, 2.75) is 25.8 Å². The monoisotopic (exact) mass is 475 g/mol. The number of anilines is 1. The molecule has 1 atom stereocenters. The lowest BCUT2D eigenvalue weighted by molar-refractivity contribution is -0.117. The van der Waals surface area contributed by atoms with E-state index in [9.17, 15) is 4.79 Å². The number of amides is 1. The molecule has 0 spiro atoms. The second-order valence-corrected chi connectivity index (χ2v) is 8.88. The van der Waals surface area contributed by atoms with Crippen LogP contribution in [0.1, 0.15) is 23.7 Å². The number of nitrogens with zero attached hydrogens (tertiary/aromatic N) is 3. The largest absolute Gasteiger partial charge is 0.497 e. The minimum atomic E-state index is -0.000206. The molecule has 3 aromatic carbocycles. The van der Waals surface area contributed by atoms with Gasteiger partial charge in [0.25, 0.3) is 0 Å². The van der Waals surface area contributed by atoms with Gasteiger partial charge in [0.2, 0.25) is 5.91 Å². The van der Waals surface area contributed by atoms with Crippen LogP contribution in [0.2, 0.25) is 5.02 Å². The Hall–Kier alpha value is -3.51. The highest BCUT2D eigenvalue weighted by Crippen LogP contribution is 2.34. The number of fused-ring (bicyclic) bond motifs is 1. The number of aryl methyl sites for hydroxylation is 1. The van der Waals surface area contributed by atoms with Gasteiger partial charge in [0, 0.05) is 29.6 Å². The predicted molar refractivity (Wildman–Crippen MR) is 134 cm³/mol. The molecule has 1 saturated heterocycles. The fraction of sp³-hybridized carbons (Fsp3) is 0.259. The van der Waals surface area contributed by atoms with Gasteiger partial charge < -0.3 is 18.9 Å². The van der Waals surface area contributed by atoms with E-state index in [4.69, 9.17) is 26.1 Å². The summed E-state index contributed by atoms with van der Waals surface area (Å²) in [5.41, 5.74) is 3.83. The van der Waals surface area contributed by atoms with E-state index < -0.39 is 0 Å². The lowest BCUT2D eigenvalue weighted by Crippen LogP contribution is -2.24. The molecule has 0 unspecified atom stereocenters. The Kier molecular flexibility index (Phi) is 6.16. The van der Waals surface area contributed by atoms with Crippen LogP contribution in [0.25, 0.3) is 11.0 Å². The summed E-state index contributed by atoms with van der Waals surface area (Å²) in [4.78, 5) is 19.7. The second-order valence-electron chi connectivity index (χ2n) is 8.47. The zero-order valence-corrected chi connectivity index (χ0v) is 20.0. The number of methoxy groups -OCH3 is 1. The zero-order chi connectivity index (χ0) is 23.7. The average Bonchev–Trinajstić information content (AvgIpc) is 3.42. The van der Waals surface area contributed by atoms with Gasteiger partial charge in [-0.2, -0.15) is 0 Å². The highest BCUT2D eigenvalue weighted by Gasteiger charge is 2.34. The molecule has 0 aliphatic carbocycles. The molecule has 1 fully saturated rings. The maximum Gasteiger partial charge on any atom is 0.227 e. The number of rotatable bonds is 7. The van der Waals surface area contributed by atoms with E-state index in [1.807, 2.05) is 72.5 Å². The van der Waals surface area contributed by atoms with Gasteiger partial charge in [0.1, 0.15) is 23.9 Å². The summed E-state index contributed by atoms with van der Waals surface area (Å²) in [6.45, 7) is 3.66. The van der Waals surface area contributed by atoms with Crippen LogP contribution in [0.5, 0.6) is 11.5 Å². The minimum Gasteiger partial charge on any atom is -0.497 e. The Labute approximate surface area is 203 Å². The number of imidazole rings is 1. The summed E-state index contributed by atoms with van der Waals surface area (Å²) >= 11 is 6.13. The van der Waals surface area contributed by atoms with Gasteiger partial charge in [-0.3, -0.25) is 4.79 Å². The third-order valence-electron chi connectivity index (χ3n) is 6.27. The van der Waals surface area contributed by atoms with Crippen molar-refractivity contribution in [3.05, 3.63) is 83.1 Å². The first-order valence-electron chi connectivity index (χ1n) is 11.3. The first kappa shape index (κ1) is 22.3. The summed E-state index contributed by atoms with van der Waals surface area (Å²) in [6.07, 6.45) is 0.423. The van der Waals surface area contributed by atoms with Gasteiger partial charge in [-0.1, -0.05) is 23.7 Å². The van der Waals surface area contributed by atoms with Crippen LogP contribution in [-0.2, 0) is 11.3 Å². The van der Waals surface area contributed by atoms with E-state index >= 15 is 0 Å². The fourth-order valence-corrected chi connectivity index (χ4v) is 4.61. The summed E-state index contributed by atoms with van der Waals surface area (Å²) in [5, 5.41) is 0.725. The predicted octanol–water partition coefficient (Wildman–Crippen LogP) is 5.61. The molecule has 0 saturated carbocycles. The van der Waals surface area contributed by atoms with Crippen molar-refractivity contribution in [1.82, 2.24) is 9.55 Å². The van der Waals surface area contributed by atoms with Gasteiger partial charge >= 0.3 is 0 Å². The van der Waals surface area contributed by atoms with Crippen LogP contribution < -0.4 is 14.4 Å². The quantitative estimate of drug-likeness (QED) is 0.349. The highest BCUT2D eigenvalue weighted by molar-refractivity contribution is 6.31. The first-order valence-corrected chi connectivity index (χ1v) is 11.7. The molecule has 0 N–H and O–H groups in total. The number of hydrogen-bond acceptors (Lipinski definition) is 4. The maximum absolute atomic E-state index is 12.9. The number of benzene rings is 3. The Balaban J connectivity index is 1.38. The molecular weight excluding hydrogens is 450 g/mol. The molecule has 7 heteroatoms. The zero-order valence-electron chi connectivity index (χ0n) is 19.2. The van der Waals surface area contributed by atoms with Crippen molar-refractivity contribution >= 4 is 34.2 Å². The van der Waals surface area contributed by atoms with Crippen molar-refractivity contribution in [3.63, 3.8) is 0 Å². The molecule has 5 rings (SSSR count). The van der Waals surface area contributed by atoms with Gasteiger partial charge in [0.05, 0.1) is 24.7 Å². The van der Waals surface area contributed by atoms with Gasteiger partial charge in [-0.15, -0.1) is 0 Å². The van der Waals surface area contributed by atoms with Crippen LogP contribution >= 0.6 is 11.6 Å². The van der Waals surface area contributed by atoms with Gasteiger partial charge in [-0.05, 0) is 67.1 Å². The number of carbonyl (C=O) groups is 1. The molecule has 0 radical (unpaired) electrons. The molecule has 1 aromatic heterocycles. The Morgan fingerprint density at radius 1 is 1.06 bits per heavy atom. The number of ether oxygens (including phenoxy) is 2. The van der Waals surface area contributed by atoms with Crippen molar-refractivity contribution < 1.29 is 14.3 Å². The number of aromatic nitrogens is 2. The molecule has 0 bridgehead atoms. The number of halogens is 1. The van der Waals surface area contributed by atoms with Gasteiger partial charge in [-0.25, -0.2) is 4.98 Å². The number of carbonyl (C=O) groups excluding carboxylic acids is 1. The highest BCUT2D eigenvalue weighted by atomic mass is 35.5. The van der Waals surface area contributed by atoms with E-state index in [1.165, 1.54) is 0 Å². The first-order chi connectivity index (χ1) is 16.5. The summed E-state index contributed by atoms with van der Waals surface area (Å²) < 4.78 is 13.5. The number of hydrogen-bond donors (Lipinski definition) is 0. The van der Waals surface area contributed by atoms with Crippen molar-refractivity contribution in [2.24, 2.45) is 0 Å². The SMILES string of the molecule is COc1ccc(N2C[C@H](c3nc4ccccc4n3CCOc3ccc(Cl)c(C)c3)CC2=O)cc1. The third kappa shape index (κ3) is 4.33. The van der Waals surface area contributed by atoms with Crippen LogP contribution in [0.4, 0.5) is 5.69 Å². The van der Waals surface area contributed by atoms with Crippen molar-refractivity contribution in [3.8, 4) is 11.5 Å². The summed E-state index contributed by atoms with van der Waals surface area (Å²) in [6, 6.07) is 21.3. The number of para-hydroxylation sites is 2. The molecule has 4 aromatic rings. The van der Waals surface area contributed by atoms with Crippen LogP contribution in [0, 0.1) is 6.92 Å². The van der Waals surface area contributed by atoms with Gasteiger partial charge in [0.15, 0.2) is 0 Å². The topological polar surface area (TPSA) is 56.6 Å². The van der Waals surface area contributed by atoms with Crippen molar-refractivity contribution in [2.75, 3.05) is 25.2 Å². The van der Waals surface area contributed by atoms with Crippen LogP contribution in [-0.4, -0.2) is 35.7 Å². The smallest absolute Gasteiger partial charge is 0.227 e. The summed E-state index contributed by atoms with van der Waals surface area (Å²) in [5.74, 6) is 2.57. The molecule has 6 nitrogen and oxygen atoms in total. The van der Waals surface area contributed by atoms with E-state index in [-0.39, 0.29) is 11.8 Å². The molecule has 34 heavy (non-hydrogen) atoms. The van der Waals surface area contributed by atoms with Crippen LogP contribution in [0.3, 0.4) is 0 Å². The molecular formula is C27H26ClN3O3. The van der Waals surface area contributed by atoms with Crippen LogP contribution in [0.15, 0.2) is 66.7 Å². The van der Waals surface area contributed by atoms with E-state index in [1.54, 1.807) is 7.11 Å². The molecule has 2 heterocycles.